The van der Waals surface area contributed by atoms with E-state index in [0.29, 0.717) is 49.2 Å². The van der Waals surface area contributed by atoms with Crippen molar-refractivity contribution < 1.29 is 17.9 Å². The van der Waals surface area contributed by atoms with Crippen LogP contribution >= 0.6 is 11.6 Å². The highest BCUT2D eigenvalue weighted by atomic mass is 35.5. The van der Waals surface area contributed by atoms with Crippen molar-refractivity contribution >= 4 is 38.9 Å². The highest BCUT2D eigenvalue weighted by Gasteiger charge is 2.30. The van der Waals surface area contributed by atoms with Crippen LogP contribution in [0.4, 0.5) is 11.4 Å². The van der Waals surface area contributed by atoms with Gasteiger partial charge in [0.25, 0.3) is 10.0 Å². The molecular weight excluding hydrogens is 498 g/mol. The largest absolute Gasteiger partial charge is 0.494 e. The fraction of sp³-hybridized carbons (Fsp3) is 0.296. The Labute approximate surface area is 217 Å². The normalized spacial score (nSPS) is 14.0. The zero-order valence-corrected chi connectivity index (χ0v) is 22.0. The summed E-state index contributed by atoms with van der Waals surface area (Å²) in [5.74, 6) is 0.392. The lowest BCUT2D eigenvalue weighted by molar-refractivity contribution is -0.129. The van der Waals surface area contributed by atoms with Crippen molar-refractivity contribution in [3.8, 4) is 5.75 Å². The minimum atomic E-state index is -3.96. The van der Waals surface area contributed by atoms with Gasteiger partial charge in [0.05, 0.1) is 17.2 Å². The molecule has 3 aromatic carbocycles. The molecule has 0 radical (unpaired) electrons. The number of nitrogens with zero attached hydrogens (tertiary/aromatic N) is 3. The second-order valence-corrected chi connectivity index (χ2v) is 10.8. The molecule has 3 aromatic rings. The molecule has 1 fully saturated rings. The van der Waals surface area contributed by atoms with Gasteiger partial charge in [-0.05, 0) is 67.9 Å². The minimum absolute atomic E-state index is 0.132. The van der Waals surface area contributed by atoms with Gasteiger partial charge in [0.2, 0.25) is 5.91 Å². The van der Waals surface area contributed by atoms with Crippen LogP contribution in [0.25, 0.3) is 0 Å². The summed E-state index contributed by atoms with van der Waals surface area (Å²) in [7, 11) is -3.96. The standard InChI is InChI=1S/C27H30ClN3O4S/c1-3-35-24-13-11-23(12-14-24)31(36(33,34)25-7-5-4-6-8-25)20-27(32)30-17-15-29(16-18-30)26-19-22(28)10-9-21(26)2/h4-14,19H,3,15-18,20H2,1-2H3. The van der Waals surface area contributed by atoms with Crippen molar-refractivity contribution in [2.45, 2.75) is 18.7 Å². The minimum Gasteiger partial charge on any atom is -0.494 e. The van der Waals surface area contributed by atoms with Gasteiger partial charge in [-0.2, -0.15) is 0 Å². The van der Waals surface area contributed by atoms with Gasteiger partial charge in [0.1, 0.15) is 12.3 Å². The van der Waals surface area contributed by atoms with Gasteiger partial charge >= 0.3 is 0 Å². The average Bonchev–Trinajstić information content (AvgIpc) is 2.90. The van der Waals surface area contributed by atoms with Crippen LogP contribution in [0.5, 0.6) is 5.75 Å². The second kappa shape index (κ2) is 11.2. The molecule has 0 aliphatic carbocycles. The van der Waals surface area contributed by atoms with E-state index in [1.165, 1.54) is 16.4 Å². The number of sulfonamides is 1. The number of ether oxygens (including phenoxy) is 1. The number of aryl methyl sites for hydroxylation is 1. The molecule has 0 spiro atoms. The summed E-state index contributed by atoms with van der Waals surface area (Å²) in [5.41, 5.74) is 2.58. The van der Waals surface area contributed by atoms with Crippen LogP contribution in [0.2, 0.25) is 5.02 Å². The molecule has 0 unspecified atom stereocenters. The first kappa shape index (κ1) is 25.9. The number of hydrogen-bond acceptors (Lipinski definition) is 5. The molecular formula is C27H30ClN3O4S. The third-order valence-electron chi connectivity index (χ3n) is 6.19. The highest BCUT2D eigenvalue weighted by molar-refractivity contribution is 7.92. The Bertz CT molecular complexity index is 1290. The third kappa shape index (κ3) is 5.77. The lowest BCUT2D eigenvalue weighted by atomic mass is 10.1. The zero-order chi connectivity index (χ0) is 25.7. The highest BCUT2D eigenvalue weighted by Crippen LogP contribution is 2.28. The lowest BCUT2D eigenvalue weighted by Gasteiger charge is -2.37. The Kier molecular flexibility index (Phi) is 8.06. The van der Waals surface area contributed by atoms with Crippen molar-refractivity contribution in [2.24, 2.45) is 0 Å². The fourth-order valence-electron chi connectivity index (χ4n) is 4.25. The van der Waals surface area contributed by atoms with E-state index in [1.807, 2.05) is 32.0 Å². The van der Waals surface area contributed by atoms with E-state index in [9.17, 15) is 13.2 Å². The molecule has 0 bridgehead atoms. The maximum Gasteiger partial charge on any atom is 0.264 e. The van der Waals surface area contributed by atoms with E-state index >= 15 is 0 Å². The maximum atomic E-state index is 13.6. The summed E-state index contributed by atoms with van der Waals surface area (Å²) in [6.07, 6.45) is 0. The van der Waals surface area contributed by atoms with E-state index in [2.05, 4.69) is 4.90 Å². The first-order valence-corrected chi connectivity index (χ1v) is 13.7. The smallest absolute Gasteiger partial charge is 0.264 e. The van der Waals surface area contributed by atoms with Gasteiger partial charge in [0.15, 0.2) is 0 Å². The van der Waals surface area contributed by atoms with Gasteiger partial charge in [0, 0.05) is 36.9 Å². The number of rotatable bonds is 8. The Morgan fingerprint density at radius 2 is 1.64 bits per heavy atom. The number of halogens is 1. The van der Waals surface area contributed by atoms with Gasteiger partial charge in [-0.15, -0.1) is 0 Å². The molecule has 9 heteroatoms. The molecule has 7 nitrogen and oxygen atoms in total. The molecule has 0 saturated carbocycles. The van der Waals surface area contributed by atoms with Crippen molar-refractivity contribution in [1.82, 2.24) is 4.90 Å². The molecule has 1 aliphatic heterocycles. The van der Waals surface area contributed by atoms with Crippen LogP contribution < -0.4 is 13.9 Å². The predicted molar refractivity (Wildman–Crippen MR) is 144 cm³/mol. The van der Waals surface area contributed by atoms with E-state index in [-0.39, 0.29) is 17.3 Å². The summed E-state index contributed by atoms with van der Waals surface area (Å²) in [4.78, 5) is 17.4. The number of benzene rings is 3. The average molecular weight is 528 g/mol. The van der Waals surface area contributed by atoms with Crippen LogP contribution in [0.3, 0.4) is 0 Å². The number of hydrogen-bond donors (Lipinski definition) is 0. The number of anilines is 2. The SMILES string of the molecule is CCOc1ccc(N(CC(=O)N2CCN(c3cc(Cl)ccc3C)CC2)S(=O)(=O)c2ccccc2)cc1. The Morgan fingerprint density at radius 3 is 2.28 bits per heavy atom. The molecule has 0 atom stereocenters. The molecule has 1 heterocycles. The first-order chi connectivity index (χ1) is 17.3. The van der Waals surface area contributed by atoms with Crippen LogP contribution in [-0.2, 0) is 14.8 Å². The van der Waals surface area contributed by atoms with E-state index in [4.69, 9.17) is 16.3 Å². The monoisotopic (exact) mass is 527 g/mol. The van der Waals surface area contributed by atoms with E-state index < -0.39 is 10.0 Å². The summed E-state index contributed by atoms with van der Waals surface area (Å²) < 4.78 is 33.8. The van der Waals surface area contributed by atoms with Gasteiger partial charge in [-0.1, -0.05) is 35.9 Å². The second-order valence-electron chi connectivity index (χ2n) is 8.55. The van der Waals surface area contributed by atoms with E-state index in [1.54, 1.807) is 47.4 Å². The van der Waals surface area contributed by atoms with Crippen molar-refractivity contribution in [3.63, 3.8) is 0 Å². The summed E-state index contributed by atoms with van der Waals surface area (Å²) in [5, 5.41) is 0.672. The van der Waals surface area contributed by atoms with E-state index in [0.717, 1.165) is 11.3 Å². The van der Waals surface area contributed by atoms with Crippen LogP contribution in [0, 0.1) is 6.92 Å². The fourth-order valence-corrected chi connectivity index (χ4v) is 5.85. The maximum absolute atomic E-state index is 13.6. The number of piperazine rings is 1. The van der Waals surface area contributed by atoms with Crippen LogP contribution in [-0.4, -0.2) is 58.6 Å². The Balaban J connectivity index is 1.53. The van der Waals surface area contributed by atoms with Gasteiger partial charge in [-0.3, -0.25) is 9.10 Å². The number of amides is 1. The number of carbonyl (C=O) groups excluding carboxylic acids is 1. The number of carbonyl (C=O) groups is 1. The molecule has 1 saturated heterocycles. The van der Waals surface area contributed by atoms with Gasteiger partial charge in [-0.25, -0.2) is 8.42 Å². The molecule has 0 aromatic heterocycles. The predicted octanol–water partition coefficient (Wildman–Crippen LogP) is 4.59. The van der Waals surface area contributed by atoms with Crippen molar-refractivity contribution in [2.75, 3.05) is 48.5 Å². The third-order valence-corrected chi connectivity index (χ3v) is 8.21. The molecule has 4 rings (SSSR count). The summed E-state index contributed by atoms with van der Waals surface area (Å²) in [6.45, 7) is 6.40. The molecule has 36 heavy (non-hydrogen) atoms. The van der Waals surface area contributed by atoms with Crippen molar-refractivity contribution in [1.29, 1.82) is 0 Å². The van der Waals surface area contributed by atoms with Crippen molar-refractivity contribution in [3.05, 3.63) is 83.4 Å². The molecule has 0 N–H and O–H groups in total. The zero-order valence-electron chi connectivity index (χ0n) is 20.4. The van der Waals surface area contributed by atoms with Gasteiger partial charge < -0.3 is 14.5 Å². The quantitative estimate of drug-likeness (QED) is 0.428. The van der Waals surface area contributed by atoms with Crippen LogP contribution in [0.1, 0.15) is 12.5 Å². The first-order valence-electron chi connectivity index (χ1n) is 11.9. The molecule has 1 amide bonds. The Morgan fingerprint density at radius 1 is 0.972 bits per heavy atom. The summed E-state index contributed by atoms with van der Waals surface area (Å²) in [6, 6.07) is 20.7. The lowest BCUT2D eigenvalue weighted by Crippen LogP contribution is -2.52. The van der Waals surface area contributed by atoms with Crippen LogP contribution in [0.15, 0.2) is 77.7 Å². The molecule has 190 valence electrons. The Hall–Kier alpha value is -3.23. The topological polar surface area (TPSA) is 70.2 Å². The molecule has 1 aliphatic rings. The summed E-state index contributed by atoms with van der Waals surface area (Å²) >= 11 is 6.19.